The first kappa shape index (κ1) is 24.9. The topological polar surface area (TPSA) is 78.9 Å². The minimum absolute atomic E-state index is 0.0525. The first-order valence-electron chi connectivity index (χ1n) is 10.8. The number of carbonyl (C=O) groups is 3. The van der Waals surface area contributed by atoms with Crippen LogP contribution in [-0.2, 0) is 14.3 Å². The molecule has 2 aromatic rings. The zero-order chi connectivity index (χ0) is 23.8. The van der Waals surface area contributed by atoms with Crippen LogP contribution in [0.25, 0.3) is 0 Å². The Hall–Kier alpha value is -2.71. The van der Waals surface area contributed by atoms with Gasteiger partial charge in [-0.1, -0.05) is 29.8 Å². The van der Waals surface area contributed by atoms with Gasteiger partial charge in [-0.05, 0) is 44.2 Å². The summed E-state index contributed by atoms with van der Waals surface area (Å²) < 4.78 is 5.31. The molecule has 1 saturated heterocycles. The summed E-state index contributed by atoms with van der Waals surface area (Å²) in [7, 11) is 0. The molecule has 0 bridgehead atoms. The van der Waals surface area contributed by atoms with Gasteiger partial charge in [0.25, 0.3) is 5.91 Å². The summed E-state index contributed by atoms with van der Waals surface area (Å²) in [5, 5.41) is 3.50. The SMILES string of the molecule is CC(C)NC(=O)CSc1ccccc1C(=O)OCC(=O)N1CCN(c2cccc(Cl)c2)CC1. The Morgan fingerprint density at radius 2 is 1.79 bits per heavy atom. The van der Waals surface area contributed by atoms with Gasteiger partial charge in [0, 0.05) is 47.8 Å². The van der Waals surface area contributed by atoms with Crippen molar-refractivity contribution in [2.75, 3.05) is 43.4 Å². The van der Waals surface area contributed by atoms with Crippen LogP contribution in [-0.4, -0.2) is 67.3 Å². The summed E-state index contributed by atoms with van der Waals surface area (Å²) in [6, 6.07) is 14.6. The molecule has 1 heterocycles. The van der Waals surface area contributed by atoms with Gasteiger partial charge in [0.15, 0.2) is 6.61 Å². The van der Waals surface area contributed by atoms with E-state index in [1.54, 1.807) is 29.2 Å². The number of hydrogen-bond donors (Lipinski definition) is 1. The predicted molar refractivity (Wildman–Crippen MR) is 131 cm³/mol. The Bertz CT molecular complexity index is 993. The fourth-order valence-corrected chi connectivity index (χ4v) is 4.49. The van der Waals surface area contributed by atoms with E-state index >= 15 is 0 Å². The van der Waals surface area contributed by atoms with E-state index in [-0.39, 0.29) is 30.2 Å². The Morgan fingerprint density at radius 1 is 1.06 bits per heavy atom. The van der Waals surface area contributed by atoms with Crippen LogP contribution in [0, 0.1) is 0 Å². The van der Waals surface area contributed by atoms with Crippen molar-refractivity contribution in [2.24, 2.45) is 0 Å². The maximum absolute atomic E-state index is 12.6. The molecule has 9 heteroatoms. The number of carbonyl (C=O) groups excluding carboxylic acids is 3. The number of nitrogens with zero attached hydrogens (tertiary/aromatic N) is 2. The van der Waals surface area contributed by atoms with Crippen molar-refractivity contribution in [3.63, 3.8) is 0 Å². The number of piperazine rings is 1. The van der Waals surface area contributed by atoms with Crippen LogP contribution in [0.1, 0.15) is 24.2 Å². The van der Waals surface area contributed by atoms with Crippen molar-refractivity contribution in [1.29, 1.82) is 0 Å². The van der Waals surface area contributed by atoms with Crippen molar-refractivity contribution >= 4 is 46.8 Å². The number of esters is 1. The third-order valence-electron chi connectivity index (χ3n) is 5.05. The molecule has 2 amide bonds. The number of amides is 2. The summed E-state index contributed by atoms with van der Waals surface area (Å²) in [6.07, 6.45) is 0. The quantitative estimate of drug-likeness (QED) is 0.452. The number of ether oxygens (including phenoxy) is 1. The molecule has 176 valence electrons. The van der Waals surface area contributed by atoms with E-state index in [9.17, 15) is 14.4 Å². The van der Waals surface area contributed by atoms with Crippen LogP contribution in [0.2, 0.25) is 5.02 Å². The fraction of sp³-hybridized carbons (Fsp3) is 0.375. The predicted octanol–water partition coefficient (Wildman–Crippen LogP) is 3.46. The third-order valence-corrected chi connectivity index (χ3v) is 6.36. The molecule has 0 aromatic heterocycles. The molecule has 1 fully saturated rings. The number of thioether (sulfide) groups is 1. The Balaban J connectivity index is 1.49. The Labute approximate surface area is 203 Å². The van der Waals surface area contributed by atoms with E-state index in [0.29, 0.717) is 41.7 Å². The van der Waals surface area contributed by atoms with Crippen LogP contribution in [0.3, 0.4) is 0 Å². The highest BCUT2D eigenvalue weighted by Crippen LogP contribution is 2.24. The van der Waals surface area contributed by atoms with Crippen LogP contribution < -0.4 is 10.2 Å². The van der Waals surface area contributed by atoms with Gasteiger partial charge in [-0.2, -0.15) is 0 Å². The molecule has 0 aliphatic carbocycles. The van der Waals surface area contributed by atoms with E-state index in [1.165, 1.54) is 11.8 Å². The highest BCUT2D eigenvalue weighted by Gasteiger charge is 2.23. The average Bonchev–Trinajstić information content (AvgIpc) is 2.81. The van der Waals surface area contributed by atoms with Gasteiger partial charge >= 0.3 is 5.97 Å². The second-order valence-corrected chi connectivity index (χ2v) is 9.38. The lowest BCUT2D eigenvalue weighted by atomic mass is 10.2. The van der Waals surface area contributed by atoms with E-state index in [2.05, 4.69) is 10.2 Å². The van der Waals surface area contributed by atoms with Crippen molar-refractivity contribution in [3.8, 4) is 0 Å². The monoisotopic (exact) mass is 489 g/mol. The Morgan fingerprint density at radius 3 is 2.48 bits per heavy atom. The van der Waals surface area contributed by atoms with E-state index in [0.717, 1.165) is 5.69 Å². The van der Waals surface area contributed by atoms with E-state index in [1.807, 2.05) is 38.1 Å². The minimum Gasteiger partial charge on any atom is -0.452 e. The number of benzene rings is 2. The highest BCUT2D eigenvalue weighted by molar-refractivity contribution is 8.00. The second kappa shape index (κ2) is 12.0. The van der Waals surface area contributed by atoms with Gasteiger partial charge in [0.2, 0.25) is 5.91 Å². The van der Waals surface area contributed by atoms with Gasteiger partial charge in [0.1, 0.15) is 0 Å². The van der Waals surface area contributed by atoms with Crippen molar-refractivity contribution in [1.82, 2.24) is 10.2 Å². The average molecular weight is 490 g/mol. The van der Waals surface area contributed by atoms with Crippen molar-refractivity contribution in [3.05, 3.63) is 59.1 Å². The van der Waals surface area contributed by atoms with E-state index < -0.39 is 5.97 Å². The molecule has 1 aliphatic heterocycles. The lowest BCUT2D eigenvalue weighted by molar-refractivity contribution is -0.134. The highest BCUT2D eigenvalue weighted by atomic mass is 35.5. The van der Waals surface area contributed by atoms with Gasteiger partial charge in [-0.15, -0.1) is 11.8 Å². The molecule has 1 N–H and O–H groups in total. The molecular weight excluding hydrogens is 462 g/mol. The van der Waals surface area contributed by atoms with Gasteiger partial charge < -0.3 is 19.9 Å². The molecule has 0 atom stereocenters. The lowest BCUT2D eigenvalue weighted by Gasteiger charge is -2.36. The van der Waals surface area contributed by atoms with Crippen LogP contribution >= 0.6 is 23.4 Å². The lowest BCUT2D eigenvalue weighted by Crippen LogP contribution is -2.49. The Kier molecular flexibility index (Phi) is 9.03. The number of hydrogen-bond acceptors (Lipinski definition) is 6. The largest absolute Gasteiger partial charge is 0.452 e. The van der Waals surface area contributed by atoms with Gasteiger partial charge in [-0.25, -0.2) is 4.79 Å². The molecule has 7 nitrogen and oxygen atoms in total. The molecule has 0 spiro atoms. The molecule has 3 rings (SSSR count). The summed E-state index contributed by atoms with van der Waals surface area (Å²) in [5.41, 5.74) is 1.37. The van der Waals surface area contributed by atoms with Crippen LogP contribution in [0.4, 0.5) is 5.69 Å². The summed E-state index contributed by atoms with van der Waals surface area (Å²) in [4.78, 5) is 41.6. The van der Waals surface area contributed by atoms with Gasteiger partial charge in [-0.3, -0.25) is 9.59 Å². The minimum atomic E-state index is -0.576. The van der Waals surface area contributed by atoms with Gasteiger partial charge in [0.05, 0.1) is 11.3 Å². The van der Waals surface area contributed by atoms with E-state index in [4.69, 9.17) is 16.3 Å². The fourth-order valence-electron chi connectivity index (χ4n) is 3.45. The molecule has 33 heavy (non-hydrogen) atoms. The smallest absolute Gasteiger partial charge is 0.339 e. The summed E-state index contributed by atoms with van der Waals surface area (Å²) in [5.74, 6) is -0.715. The zero-order valence-corrected chi connectivity index (χ0v) is 20.3. The number of halogens is 1. The summed E-state index contributed by atoms with van der Waals surface area (Å²) >= 11 is 7.33. The molecule has 1 aliphatic rings. The zero-order valence-electron chi connectivity index (χ0n) is 18.8. The molecule has 0 saturated carbocycles. The van der Waals surface area contributed by atoms with Crippen molar-refractivity contribution in [2.45, 2.75) is 24.8 Å². The first-order chi connectivity index (χ1) is 15.8. The van der Waals surface area contributed by atoms with Crippen LogP contribution in [0.5, 0.6) is 0 Å². The normalized spacial score (nSPS) is 13.7. The maximum atomic E-state index is 12.6. The molecule has 0 unspecified atom stereocenters. The number of anilines is 1. The number of rotatable bonds is 8. The standard InChI is InChI=1S/C24H28ClN3O4S/c1-17(2)26-22(29)16-33-21-9-4-3-8-20(21)24(31)32-15-23(30)28-12-10-27(11-13-28)19-7-5-6-18(25)14-19/h3-9,14,17H,10-13,15-16H2,1-2H3,(H,26,29). The second-order valence-electron chi connectivity index (χ2n) is 7.93. The summed E-state index contributed by atoms with van der Waals surface area (Å²) in [6.45, 7) is 5.91. The van der Waals surface area contributed by atoms with Crippen molar-refractivity contribution < 1.29 is 19.1 Å². The molecule has 2 aromatic carbocycles. The first-order valence-corrected chi connectivity index (χ1v) is 12.2. The maximum Gasteiger partial charge on any atom is 0.339 e. The number of nitrogens with one attached hydrogen (secondary N) is 1. The third kappa shape index (κ3) is 7.40. The molecular formula is C24H28ClN3O4S. The van der Waals surface area contributed by atoms with Crippen LogP contribution in [0.15, 0.2) is 53.4 Å². The molecule has 0 radical (unpaired) electrons.